The zero-order valence-electron chi connectivity index (χ0n) is 14.8. The summed E-state index contributed by atoms with van der Waals surface area (Å²) in [5.41, 5.74) is 4.01. The second kappa shape index (κ2) is 6.81. The van der Waals surface area contributed by atoms with Gasteiger partial charge in [-0.3, -0.25) is 15.0 Å². The molecule has 0 radical (unpaired) electrons. The first-order valence-corrected chi connectivity index (χ1v) is 9.09. The van der Waals surface area contributed by atoms with Crippen LogP contribution in [-0.4, -0.2) is 38.2 Å². The molecule has 0 atom stereocenters. The quantitative estimate of drug-likeness (QED) is 0.584. The molecule has 5 rings (SSSR count). The Morgan fingerprint density at radius 2 is 2.00 bits per heavy atom. The Labute approximate surface area is 156 Å². The van der Waals surface area contributed by atoms with E-state index >= 15 is 0 Å². The lowest BCUT2D eigenvalue weighted by Crippen LogP contribution is -2.36. The van der Waals surface area contributed by atoms with Gasteiger partial charge in [-0.25, -0.2) is 4.98 Å². The van der Waals surface area contributed by atoms with Gasteiger partial charge < -0.3 is 4.74 Å². The number of likely N-dealkylation sites (tertiary alicyclic amines) is 1. The normalized spacial score (nSPS) is 14.2. The molecule has 0 unspecified atom stereocenters. The van der Waals surface area contributed by atoms with Gasteiger partial charge in [-0.05, 0) is 55.9 Å². The molecule has 1 fully saturated rings. The third-order valence-corrected chi connectivity index (χ3v) is 4.82. The van der Waals surface area contributed by atoms with Crippen molar-refractivity contribution in [2.75, 3.05) is 13.1 Å². The molecule has 1 aliphatic rings. The van der Waals surface area contributed by atoms with E-state index in [0.29, 0.717) is 5.88 Å². The number of rotatable bonds is 5. The van der Waals surface area contributed by atoms with Crippen LogP contribution in [0.15, 0.2) is 60.9 Å². The fourth-order valence-electron chi connectivity index (χ4n) is 3.20. The number of ether oxygens (including phenoxy) is 1. The van der Waals surface area contributed by atoms with Gasteiger partial charge in [0.15, 0.2) is 0 Å². The second-order valence-electron chi connectivity index (χ2n) is 6.74. The summed E-state index contributed by atoms with van der Waals surface area (Å²) in [5.74, 6) is 1.31. The lowest BCUT2D eigenvalue weighted by atomic mass is 10.1. The molecule has 1 aliphatic heterocycles. The lowest BCUT2D eigenvalue weighted by molar-refractivity contribution is 0.170. The zero-order chi connectivity index (χ0) is 18.1. The van der Waals surface area contributed by atoms with Gasteiger partial charge in [-0.15, -0.1) is 0 Å². The van der Waals surface area contributed by atoms with Crippen LogP contribution >= 0.6 is 0 Å². The van der Waals surface area contributed by atoms with E-state index in [4.69, 9.17) is 9.72 Å². The second-order valence-corrected chi connectivity index (χ2v) is 6.74. The highest BCUT2D eigenvalue weighted by Crippen LogP contribution is 2.26. The molecule has 1 N–H and O–H groups in total. The summed E-state index contributed by atoms with van der Waals surface area (Å²) in [6, 6.07) is 15.9. The van der Waals surface area contributed by atoms with Crippen LogP contribution in [0.4, 0.5) is 0 Å². The Morgan fingerprint density at radius 3 is 2.74 bits per heavy atom. The van der Waals surface area contributed by atoms with Crippen LogP contribution < -0.4 is 4.74 Å². The molecule has 6 nitrogen and oxygen atoms in total. The van der Waals surface area contributed by atoms with E-state index in [0.717, 1.165) is 40.1 Å². The third-order valence-electron chi connectivity index (χ3n) is 4.82. The number of benzene rings is 1. The number of hydrogen-bond donors (Lipinski definition) is 1. The predicted molar refractivity (Wildman–Crippen MR) is 104 cm³/mol. The molecule has 134 valence electrons. The Hall–Kier alpha value is -3.25. The van der Waals surface area contributed by atoms with Crippen molar-refractivity contribution in [2.24, 2.45) is 0 Å². The Morgan fingerprint density at radius 1 is 1.04 bits per heavy atom. The maximum Gasteiger partial charge on any atom is 0.219 e. The molecule has 1 saturated heterocycles. The van der Waals surface area contributed by atoms with Crippen molar-refractivity contribution in [2.45, 2.75) is 13.0 Å². The van der Waals surface area contributed by atoms with E-state index in [2.05, 4.69) is 32.2 Å². The van der Waals surface area contributed by atoms with Crippen LogP contribution in [0.25, 0.3) is 22.2 Å². The molecule has 6 heteroatoms. The van der Waals surface area contributed by atoms with Crippen LogP contribution in [0.5, 0.6) is 11.6 Å². The van der Waals surface area contributed by atoms with Gasteiger partial charge in [0.2, 0.25) is 5.88 Å². The monoisotopic (exact) mass is 357 g/mol. The van der Waals surface area contributed by atoms with Crippen LogP contribution in [0.1, 0.15) is 12.1 Å². The number of aromatic amines is 1. The molecule has 1 aromatic carbocycles. The predicted octanol–water partition coefficient (Wildman–Crippen LogP) is 4.02. The van der Waals surface area contributed by atoms with E-state index in [-0.39, 0.29) is 0 Å². The third kappa shape index (κ3) is 3.39. The number of aromatic nitrogens is 4. The number of nitrogens with one attached hydrogen (secondary N) is 1. The van der Waals surface area contributed by atoms with E-state index in [1.165, 1.54) is 19.5 Å². The summed E-state index contributed by atoms with van der Waals surface area (Å²) in [6.45, 7) is 3.29. The number of H-pyrrole nitrogens is 1. The van der Waals surface area contributed by atoms with Gasteiger partial charge in [0, 0.05) is 36.0 Å². The maximum atomic E-state index is 5.91. The van der Waals surface area contributed by atoms with Gasteiger partial charge in [0.25, 0.3) is 0 Å². The zero-order valence-corrected chi connectivity index (χ0v) is 14.8. The van der Waals surface area contributed by atoms with Crippen molar-refractivity contribution in [1.82, 2.24) is 25.1 Å². The fraction of sp³-hybridized carbons (Fsp3) is 0.190. The van der Waals surface area contributed by atoms with Gasteiger partial charge >= 0.3 is 0 Å². The molecule has 0 amide bonds. The molecule has 0 bridgehead atoms. The molecule has 3 aromatic heterocycles. The summed E-state index contributed by atoms with van der Waals surface area (Å²) in [6.07, 6.45) is 4.79. The fourth-order valence-corrected chi connectivity index (χ4v) is 3.20. The Kier molecular flexibility index (Phi) is 4.03. The van der Waals surface area contributed by atoms with Crippen molar-refractivity contribution < 1.29 is 4.74 Å². The van der Waals surface area contributed by atoms with Crippen molar-refractivity contribution >= 4 is 10.9 Å². The average Bonchev–Trinajstić information content (AvgIpc) is 3.20. The smallest absolute Gasteiger partial charge is 0.219 e. The topological polar surface area (TPSA) is 66.9 Å². The number of nitrogens with zero attached hydrogens (tertiary/aromatic N) is 4. The number of pyridine rings is 2. The minimum absolute atomic E-state index is 0.556. The van der Waals surface area contributed by atoms with E-state index < -0.39 is 0 Å². The van der Waals surface area contributed by atoms with Gasteiger partial charge in [-0.2, -0.15) is 5.10 Å². The highest BCUT2D eigenvalue weighted by atomic mass is 16.5. The van der Waals surface area contributed by atoms with Gasteiger partial charge in [-0.1, -0.05) is 6.07 Å². The standard InChI is InChI=1S/C21H19N5O/c1-10-26(11-1)14-17-4-2-15-12-18(5-6-19(15)24-17)27-21-7-3-16(13-22-21)20-8-9-23-25-20/h2-9,12-13H,1,10-11,14H2,(H,23,25). The summed E-state index contributed by atoms with van der Waals surface area (Å²) < 4.78 is 5.91. The summed E-state index contributed by atoms with van der Waals surface area (Å²) in [4.78, 5) is 11.6. The molecule has 0 spiro atoms. The first-order chi connectivity index (χ1) is 13.3. The van der Waals surface area contributed by atoms with E-state index in [1.807, 2.05) is 36.4 Å². The van der Waals surface area contributed by atoms with Crippen molar-refractivity contribution in [3.63, 3.8) is 0 Å². The lowest BCUT2D eigenvalue weighted by Gasteiger charge is -2.30. The molecular formula is C21H19N5O. The highest BCUT2D eigenvalue weighted by molar-refractivity contribution is 5.80. The first kappa shape index (κ1) is 16.0. The summed E-state index contributed by atoms with van der Waals surface area (Å²) >= 11 is 0. The average molecular weight is 357 g/mol. The summed E-state index contributed by atoms with van der Waals surface area (Å²) in [5, 5.41) is 7.94. The van der Waals surface area contributed by atoms with E-state index in [9.17, 15) is 0 Å². The molecule has 4 heterocycles. The summed E-state index contributed by atoms with van der Waals surface area (Å²) in [7, 11) is 0. The van der Waals surface area contributed by atoms with E-state index in [1.54, 1.807) is 12.4 Å². The highest BCUT2D eigenvalue weighted by Gasteiger charge is 2.14. The minimum atomic E-state index is 0.556. The molecule has 0 aliphatic carbocycles. The molecular weight excluding hydrogens is 338 g/mol. The SMILES string of the molecule is c1cc(-c2ccc(Oc3ccc4nc(CN5CCC5)ccc4c3)nc2)[nH]n1. The van der Waals surface area contributed by atoms with Crippen molar-refractivity contribution in [3.05, 3.63) is 66.6 Å². The van der Waals surface area contributed by atoms with Crippen molar-refractivity contribution in [1.29, 1.82) is 0 Å². The van der Waals surface area contributed by atoms with Crippen LogP contribution in [-0.2, 0) is 6.54 Å². The number of fused-ring (bicyclic) bond motifs is 1. The first-order valence-electron chi connectivity index (χ1n) is 9.09. The molecule has 27 heavy (non-hydrogen) atoms. The Balaban J connectivity index is 1.33. The maximum absolute atomic E-state index is 5.91. The van der Waals surface area contributed by atoms with Crippen LogP contribution in [0, 0.1) is 0 Å². The largest absolute Gasteiger partial charge is 0.439 e. The van der Waals surface area contributed by atoms with Gasteiger partial charge in [0.1, 0.15) is 5.75 Å². The van der Waals surface area contributed by atoms with Crippen LogP contribution in [0.3, 0.4) is 0 Å². The molecule has 0 saturated carbocycles. The molecule has 4 aromatic rings. The Bertz CT molecular complexity index is 1060. The van der Waals surface area contributed by atoms with Crippen molar-refractivity contribution in [3.8, 4) is 22.9 Å². The van der Waals surface area contributed by atoms with Gasteiger partial charge in [0.05, 0.1) is 16.9 Å². The van der Waals surface area contributed by atoms with Crippen LogP contribution in [0.2, 0.25) is 0 Å². The minimum Gasteiger partial charge on any atom is -0.439 e. The number of hydrogen-bond acceptors (Lipinski definition) is 5.